The number of nitrogens with zero attached hydrogens (tertiary/aromatic N) is 1. The predicted octanol–water partition coefficient (Wildman–Crippen LogP) is 2.55. The minimum absolute atomic E-state index is 0.257. The summed E-state index contributed by atoms with van der Waals surface area (Å²) in [4.78, 5) is 0. The number of aromatic nitrogens is 1. The van der Waals surface area contributed by atoms with Gasteiger partial charge in [0.05, 0.1) is 0 Å². The Morgan fingerprint density at radius 1 is 1.14 bits per heavy atom. The molecule has 0 saturated heterocycles. The number of para-hydroxylation sites is 1. The van der Waals surface area contributed by atoms with Gasteiger partial charge in [-0.3, -0.25) is 0 Å². The maximum absolute atomic E-state index is 9.44. The van der Waals surface area contributed by atoms with Crippen molar-refractivity contribution in [2.45, 2.75) is 0 Å². The SMILES string of the molecule is Oc1ccccc1C=Cc1ccon1. The highest BCUT2D eigenvalue weighted by Crippen LogP contribution is 2.17. The molecule has 3 heteroatoms. The van der Waals surface area contributed by atoms with Crippen LogP contribution >= 0.6 is 0 Å². The Hall–Kier alpha value is -2.03. The summed E-state index contributed by atoms with van der Waals surface area (Å²) in [6, 6.07) is 8.86. The molecule has 2 rings (SSSR count). The van der Waals surface area contributed by atoms with Gasteiger partial charge in [0.25, 0.3) is 0 Å². The molecule has 1 heterocycles. The van der Waals surface area contributed by atoms with Crippen LogP contribution in [0, 0.1) is 0 Å². The van der Waals surface area contributed by atoms with Gasteiger partial charge in [-0.2, -0.15) is 0 Å². The van der Waals surface area contributed by atoms with E-state index in [9.17, 15) is 5.11 Å². The van der Waals surface area contributed by atoms with E-state index in [4.69, 9.17) is 0 Å². The van der Waals surface area contributed by atoms with E-state index >= 15 is 0 Å². The fourth-order valence-corrected chi connectivity index (χ4v) is 1.11. The lowest BCUT2D eigenvalue weighted by atomic mass is 10.2. The van der Waals surface area contributed by atoms with Crippen LogP contribution in [-0.2, 0) is 0 Å². The van der Waals surface area contributed by atoms with Gasteiger partial charge in [-0.1, -0.05) is 23.4 Å². The Morgan fingerprint density at radius 3 is 2.71 bits per heavy atom. The van der Waals surface area contributed by atoms with Gasteiger partial charge in [-0.25, -0.2) is 0 Å². The summed E-state index contributed by atoms with van der Waals surface area (Å²) in [5, 5.41) is 13.2. The average Bonchev–Trinajstić information content (AvgIpc) is 2.69. The largest absolute Gasteiger partial charge is 0.507 e. The molecule has 0 atom stereocenters. The van der Waals surface area contributed by atoms with E-state index in [-0.39, 0.29) is 5.75 Å². The van der Waals surface area contributed by atoms with Gasteiger partial charge in [-0.15, -0.1) is 0 Å². The second kappa shape index (κ2) is 3.79. The summed E-state index contributed by atoms with van der Waals surface area (Å²) in [7, 11) is 0. The Morgan fingerprint density at radius 2 is 2.00 bits per heavy atom. The van der Waals surface area contributed by atoms with Crippen molar-refractivity contribution in [3.63, 3.8) is 0 Å². The van der Waals surface area contributed by atoms with E-state index in [1.807, 2.05) is 12.1 Å². The fraction of sp³-hybridized carbons (Fsp3) is 0. The lowest BCUT2D eigenvalue weighted by molar-refractivity contribution is 0.418. The van der Waals surface area contributed by atoms with Crippen LogP contribution in [0.15, 0.2) is 41.1 Å². The molecule has 0 saturated carbocycles. The van der Waals surface area contributed by atoms with Gasteiger partial charge < -0.3 is 9.63 Å². The third-order valence-corrected chi connectivity index (χ3v) is 1.83. The van der Waals surface area contributed by atoms with Crippen molar-refractivity contribution in [3.8, 4) is 5.75 Å². The van der Waals surface area contributed by atoms with Crippen LogP contribution in [0.1, 0.15) is 11.3 Å². The van der Waals surface area contributed by atoms with E-state index < -0.39 is 0 Å². The quantitative estimate of drug-likeness (QED) is 0.785. The van der Waals surface area contributed by atoms with Crippen LogP contribution in [-0.4, -0.2) is 10.3 Å². The third-order valence-electron chi connectivity index (χ3n) is 1.83. The molecule has 0 spiro atoms. The highest BCUT2D eigenvalue weighted by Gasteiger charge is 1.94. The zero-order chi connectivity index (χ0) is 9.80. The van der Waals surface area contributed by atoms with Crippen molar-refractivity contribution in [2.75, 3.05) is 0 Å². The number of phenolic OH excluding ortho intramolecular Hbond substituents is 1. The highest BCUT2D eigenvalue weighted by molar-refractivity contribution is 5.70. The zero-order valence-electron chi connectivity index (χ0n) is 7.42. The first-order valence-electron chi connectivity index (χ1n) is 4.23. The Labute approximate surface area is 81.3 Å². The second-order valence-corrected chi connectivity index (χ2v) is 2.82. The summed E-state index contributed by atoms with van der Waals surface area (Å²) in [6.07, 6.45) is 5.07. The van der Waals surface area contributed by atoms with E-state index in [2.05, 4.69) is 9.68 Å². The summed E-state index contributed by atoms with van der Waals surface area (Å²) < 4.78 is 4.67. The van der Waals surface area contributed by atoms with Gasteiger partial charge in [0.15, 0.2) is 0 Å². The summed E-state index contributed by atoms with van der Waals surface area (Å²) >= 11 is 0. The normalized spacial score (nSPS) is 10.9. The molecule has 0 aliphatic heterocycles. The van der Waals surface area contributed by atoms with Crippen LogP contribution in [0.4, 0.5) is 0 Å². The lowest BCUT2D eigenvalue weighted by Gasteiger charge is -1.95. The van der Waals surface area contributed by atoms with Crippen molar-refractivity contribution < 1.29 is 9.63 Å². The van der Waals surface area contributed by atoms with Gasteiger partial charge >= 0.3 is 0 Å². The van der Waals surface area contributed by atoms with Crippen LogP contribution in [0.25, 0.3) is 12.2 Å². The molecule has 0 aliphatic rings. The van der Waals surface area contributed by atoms with Gasteiger partial charge in [0.2, 0.25) is 0 Å². The van der Waals surface area contributed by atoms with Crippen molar-refractivity contribution in [1.82, 2.24) is 5.16 Å². The van der Waals surface area contributed by atoms with Crippen LogP contribution < -0.4 is 0 Å². The van der Waals surface area contributed by atoms with Gasteiger partial charge in [-0.05, 0) is 18.2 Å². The maximum atomic E-state index is 9.44. The predicted molar refractivity (Wildman–Crippen MR) is 53.5 cm³/mol. The first-order valence-corrected chi connectivity index (χ1v) is 4.23. The Balaban J connectivity index is 2.23. The molecular formula is C11H9NO2. The smallest absolute Gasteiger partial charge is 0.124 e. The monoisotopic (exact) mass is 187 g/mol. The molecule has 2 aromatic rings. The fourth-order valence-electron chi connectivity index (χ4n) is 1.11. The van der Waals surface area contributed by atoms with E-state index in [1.54, 1.807) is 30.4 Å². The molecular weight excluding hydrogens is 178 g/mol. The van der Waals surface area contributed by atoms with Gasteiger partial charge in [0, 0.05) is 11.6 Å². The first kappa shape index (κ1) is 8.56. The van der Waals surface area contributed by atoms with Crippen molar-refractivity contribution in [3.05, 3.63) is 47.9 Å². The lowest BCUT2D eigenvalue weighted by Crippen LogP contribution is -1.73. The molecule has 0 unspecified atom stereocenters. The average molecular weight is 187 g/mol. The molecule has 1 N–H and O–H groups in total. The van der Waals surface area contributed by atoms with Crippen molar-refractivity contribution in [2.24, 2.45) is 0 Å². The second-order valence-electron chi connectivity index (χ2n) is 2.82. The molecule has 1 aromatic heterocycles. The van der Waals surface area contributed by atoms with E-state index in [1.165, 1.54) is 6.26 Å². The van der Waals surface area contributed by atoms with Gasteiger partial charge in [0.1, 0.15) is 17.7 Å². The number of hydrogen-bond donors (Lipinski definition) is 1. The highest BCUT2D eigenvalue weighted by atomic mass is 16.5. The molecule has 0 amide bonds. The topological polar surface area (TPSA) is 46.3 Å². The van der Waals surface area contributed by atoms with E-state index in [0.717, 1.165) is 11.3 Å². The number of phenols is 1. The minimum atomic E-state index is 0.257. The number of rotatable bonds is 2. The van der Waals surface area contributed by atoms with E-state index in [0.29, 0.717) is 0 Å². The number of benzene rings is 1. The van der Waals surface area contributed by atoms with Crippen LogP contribution in [0.3, 0.4) is 0 Å². The van der Waals surface area contributed by atoms with Crippen LogP contribution in [0.5, 0.6) is 5.75 Å². The van der Waals surface area contributed by atoms with Crippen molar-refractivity contribution >= 4 is 12.2 Å². The first-order chi connectivity index (χ1) is 6.86. The Kier molecular flexibility index (Phi) is 2.32. The molecule has 0 radical (unpaired) electrons. The summed E-state index contributed by atoms with van der Waals surface area (Å²) in [6.45, 7) is 0. The summed E-state index contributed by atoms with van der Waals surface area (Å²) in [5.74, 6) is 0.257. The molecule has 70 valence electrons. The zero-order valence-corrected chi connectivity index (χ0v) is 7.42. The molecule has 0 aliphatic carbocycles. The molecule has 0 bridgehead atoms. The molecule has 1 aromatic carbocycles. The molecule has 3 nitrogen and oxygen atoms in total. The molecule has 14 heavy (non-hydrogen) atoms. The number of aromatic hydroxyl groups is 1. The minimum Gasteiger partial charge on any atom is -0.507 e. The maximum Gasteiger partial charge on any atom is 0.124 e. The summed E-state index contributed by atoms with van der Waals surface area (Å²) in [5.41, 5.74) is 1.49. The molecule has 0 fully saturated rings. The number of hydrogen-bond acceptors (Lipinski definition) is 3. The van der Waals surface area contributed by atoms with Crippen LogP contribution in [0.2, 0.25) is 0 Å². The third kappa shape index (κ3) is 1.82. The Bertz CT molecular complexity index is 432. The standard InChI is InChI=1S/C11H9NO2/c13-11-4-2-1-3-9(11)5-6-10-7-8-14-12-10/h1-8,13H. The van der Waals surface area contributed by atoms with Crippen molar-refractivity contribution in [1.29, 1.82) is 0 Å².